The first-order valence-electron chi connectivity index (χ1n) is 6.22. The lowest BCUT2D eigenvalue weighted by molar-refractivity contribution is -0.142. The van der Waals surface area contributed by atoms with Crippen molar-refractivity contribution < 1.29 is 13.2 Å². The van der Waals surface area contributed by atoms with E-state index in [1.807, 2.05) is 13.0 Å². The molecule has 0 amide bonds. The van der Waals surface area contributed by atoms with Crippen LogP contribution in [0.25, 0.3) is 22.3 Å². The molecule has 3 aromatic rings. The van der Waals surface area contributed by atoms with E-state index in [-0.39, 0.29) is 0 Å². The van der Waals surface area contributed by atoms with Crippen molar-refractivity contribution in [3.05, 3.63) is 30.2 Å². The third kappa shape index (κ3) is 2.61. The van der Waals surface area contributed by atoms with Gasteiger partial charge in [-0.2, -0.15) is 23.4 Å². The van der Waals surface area contributed by atoms with Gasteiger partial charge in [-0.3, -0.25) is 9.36 Å². The highest BCUT2D eigenvalue weighted by Gasteiger charge is 2.28. The van der Waals surface area contributed by atoms with E-state index in [0.29, 0.717) is 16.9 Å². The van der Waals surface area contributed by atoms with Gasteiger partial charge in [0.1, 0.15) is 6.54 Å². The predicted octanol–water partition coefficient (Wildman–Crippen LogP) is 2.70. The Morgan fingerprint density at radius 1 is 1.19 bits per heavy atom. The van der Waals surface area contributed by atoms with Crippen LogP contribution in [0, 0.1) is 6.92 Å². The number of nitrogens with zero attached hydrogens (tertiary/aromatic N) is 5. The van der Waals surface area contributed by atoms with E-state index in [2.05, 4.69) is 15.2 Å². The molecule has 0 saturated carbocycles. The summed E-state index contributed by atoms with van der Waals surface area (Å²) in [6.07, 6.45) is 0.153. The quantitative estimate of drug-likeness (QED) is 0.730. The summed E-state index contributed by atoms with van der Waals surface area (Å²) in [5, 5.41) is 8.78. The second-order valence-corrected chi connectivity index (χ2v) is 4.87. The molecule has 0 saturated heterocycles. The number of aryl methyl sites for hydroxylation is 2. The van der Waals surface area contributed by atoms with Gasteiger partial charge in [0.2, 0.25) is 0 Å². The van der Waals surface area contributed by atoms with Gasteiger partial charge in [-0.1, -0.05) is 0 Å². The number of hydrogen-bond donors (Lipinski definition) is 0. The summed E-state index contributed by atoms with van der Waals surface area (Å²) in [7, 11) is 1.77. The van der Waals surface area contributed by atoms with Crippen molar-refractivity contribution in [2.75, 3.05) is 0 Å². The van der Waals surface area contributed by atoms with Gasteiger partial charge >= 0.3 is 6.18 Å². The Bertz CT molecular complexity index is 800. The summed E-state index contributed by atoms with van der Waals surface area (Å²) in [6.45, 7) is 0.801. The topological polar surface area (TPSA) is 48.5 Å². The molecule has 8 heteroatoms. The van der Waals surface area contributed by atoms with E-state index < -0.39 is 12.7 Å². The molecule has 3 heterocycles. The number of rotatable bonds is 2. The maximum Gasteiger partial charge on any atom is 0.408 e. The summed E-state index contributed by atoms with van der Waals surface area (Å²) >= 11 is 0. The van der Waals surface area contributed by atoms with Gasteiger partial charge in [0.25, 0.3) is 0 Å². The molecular formula is C13H12F3N5. The van der Waals surface area contributed by atoms with Crippen LogP contribution in [0.15, 0.2) is 24.7 Å². The average molecular weight is 295 g/mol. The minimum absolute atomic E-state index is 0.547. The van der Waals surface area contributed by atoms with Crippen molar-refractivity contribution in [1.82, 2.24) is 24.5 Å². The number of alkyl halides is 3. The van der Waals surface area contributed by atoms with E-state index in [4.69, 9.17) is 0 Å². The third-order valence-electron chi connectivity index (χ3n) is 3.18. The van der Waals surface area contributed by atoms with Gasteiger partial charge in [-0.15, -0.1) is 0 Å². The first kappa shape index (κ1) is 13.6. The van der Waals surface area contributed by atoms with Crippen molar-refractivity contribution in [2.45, 2.75) is 19.6 Å². The molecule has 0 N–H and O–H groups in total. The maximum absolute atomic E-state index is 12.3. The van der Waals surface area contributed by atoms with E-state index in [1.54, 1.807) is 17.9 Å². The molecule has 0 aliphatic heterocycles. The van der Waals surface area contributed by atoms with Crippen molar-refractivity contribution in [3.63, 3.8) is 0 Å². The third-order valence-corrected chi connectivity index (χ3v) is 3.18. The zero-order valence-corrected chi connectivity index (χ0v) is 11.4. The number of pyridine rings is 1. The normalized spacial score (nSPS) is 12.2. The Labute approximate surface area is 118 Å². The van der Waals surface area contributed by atoms with Crippen LogP contribution in [-0.4, -0.2) is 30.7 Å². The predicted molar refractivity (Wildman–Crippen MR) is 70.5 cm³/mol. The fourth-order valence-electron chi connectivity index (χ4n) is 2.18. The largest absolute Gasteiger partial charge is 0.408 e. The summed E-state index contributed by atoms with van der Waals surface area (Å²) in [4.78, 5) is 4.44. The molecule has 0 bridgehead atoms. The van der Waals surface area contributed by atoms with Crippen LogP contribution in [0.4, 0.5) is 13.2 Å². The molecule has 0 aliphatic rings. The number of hydrogen-bond acceptors (Lipinski definition) is 3. The second-order valence-electron chi connectivity index (χ2n) is 4.87. The Kier molecular flexibility index (Phi) is 2.96. The summed E-state index contributed by atoms with van der Waals surface area (Å²) in [5.41, 5.74) is 2.78. The molecule has 0 radical (unpaired) electrons. The van der Waals surface area contributed by atoms with Crippen LogP contribution in [0.2, 0.25) is 0 Å². The number of fused-ring (bicyclic) bond motifs is 1. The van der Waals surface area contributed by atoms with Crippen LogP contribution >= 0.6 is 0 Å². The fraction of sp³-hybridized carbons (Fsp3) is 0.308. The smallest absolute Gasteiger partial charge is 0.263 e. The Balaban J connectivity index is 2.02. The van der Waals surface area contributed by atoms with Crippen molar-refractivity contribution in [1.29, 1.82) is 0 Å². The molecule has 0 unspecified atom stereocenters. The first-order chi connectivity index (χ1) is 9.83. The standard InChI is InChI=1S/C13H12F3N5/c1-8-3-11(19-12-10(8)5-17-20(12)2)9-4-18-21(6-9)7-13(14,15)16/h3-6H,7H2,1-2H3. The average Bonchev–Trinajstić information content (AvgIpc) is 2.95. The molecule has 5 nitrogen and oxygen atoms in total. The maximum atomic E-state index is 12.3. The van der Waals surface area contributed by atoms with Crippen LogP contribution in [-0.2, 0) is 13.6 Å². The van der Waals surface area contributed by atoms with Crippen LogP contribution in [0.1, 0.15) is 5.56 Å². The summed E-state index contributed by atoms with van der Waals surface area (Å²) < 4.78 is 39.5. The minimum Gasteiger partial charge on any atom is -0.263 e. The second kappa shape index (κ2) is 4.57. The lowest BCUT2D eigenvalue weighted by Crippen LogP contribution is -2.17. The minimum atomic E-state index is -4.29. The van der Waals surface area contributed by atoms with E-state index in [0.717, 1.165) is 15.6 Å². The van der Waals surface area contributed by atoms with Crippen molar-refractivity contribution in [2.24, 2.45) is 7.05 Å². The first-order valence-corrected chi connectivity index (χ1v) is 6.22. The molecule has 21 heavy (non-hydrogen) atoms. The number of halogens is 3. The van der Waals surface area contributed by atoms with Crippen LogP contribution < -0.4 is 0 Å². The number of aromatic nitrogens is 5. The molecule has 3 aromatic heterocycles. The highest BCUT2D eigenvalue weighted by molar-refractivity contribution is 5.81. The highest BCUT2D eigenvalue weighted by atomic mass is 19.4. The Morgan fingerprint density at radius 2 is 1.95 bits per heavy atom. The molecule has 3 rings (SSSR count). The molecule has 110 valence electrons. The summed E-state index contributed by atoms with van der Waals surface area (Å²) in [5.74, 6) is 0. The van der Waals surface area contributed by atoms with E-state index in [9.17, 15) is 13.2 Å². The molecule has 0 fully saturated rings. The summed E-state index contributed by atoms with van der Waals surface area (Å²) in [6, 6.07) is 1.82. The van der Waals surface area contributed by atoms with Gasteiger partial charge in [0.05, 0.1) is 18.1 Å². The molecule has 0 aliphatic carbocycles. The highest BCUT2D eigenvalue weighted by Crippen LogP contribution is 2.24. The molecule has 0 aromatic carbocycles. The zero-order chi connectivity index (χ0) is 15.2. The van der Waals surface area contributed by atoms with Gasteiger partial charge in [-0.25, -0.2) is 4.98 Å². The Hall–Kier alpha value is -2.38. The Morgan fingerprint density at radius 3 is 2.67 bits per heavy atom. The van der Waals surface area contributed by atoms with Crippen molar-refractivity contribution in [3.8, 4) is 11.3 Å². The molecular weight excluding hydrogens is 283 g/mol. The van der Waals surface area contributed by atoms with Gasteiger partial charge in [-0.05, 0) is 18.6 Å². The van der Waals surface area contributed by atoms with Gasteiger partial charge < -0.3 is 0 Å². The SMILES string of the molecule is Cc1cc(-c2cnn(CC(F)(F)F)c2)nc2c1cnn2C. The lowest BCUT2D eigenvalue weighted by atomic mass is 10.1. The molecule has 0 spiro atoms. The van der Waals surface area contributed by atoms with Gasteiger partial charge in [0, 0.05) is 24.2 Å². The lowest BCUT2D eigenvalue weighted by Gasteiger charge is -2.05. The van der Waals surface area contributed by atoms with E-state index >= 15 is 0 Å². The molecule has 0 atom stereocenters. The van der Waals surface area contributed by atoms with Crippen LogP contribution in [0.5, 0.6) is 0 Å². The van der Waals surface area contributed by atoms with Gasteiger partial charge in [0.15, 0.2) is 5.65 Å². The fourth-order valence-corrected chi connectivity index (χ4v) is 2.18. The monoisotopic (exact) mass is 295 g/mol. The zero-order valence-electron chi connectivity index (χ0n) is 11.4. The van der Waals surface area contributed by atoms with Crippen LogP contribution in [0.3, 0.4) is 0 Å². The van der Waals surface area contributed by atoms with Crippen molar-refractivity contribution >= 4 is 11.0 Å². The van der Waals surface area contributed by atoms with E-state index in [1.165, 1.54) is 12.4 Å².